The second-order valence-corrected chi connectivity index (χ2v) is 18.3. The summed E-state index contributed by atoms with van der Waals surface area (Å²) < 4.78 is 8.97. The number of nitrogens with zero attached hydrogens (tertiary/aromatic N) is 6. The van der Waals surface area contributed by atoms with Crippen molar-refractivity contribution in [2.24, 2.45) is 13.0 Å². The first-order valence-corrected chi connectivity index (χ1v) is 22.8. The highest BCUT2D eigenvalue weighted by Crippen LogP contribution is 2.34. The van der Waals surface area contributed by atoms with Gasteiger partial charge in [0, 0.05) is 73.5 Å². The number of carboxylic acid groups (broad SMARTS) is 1. The average Bonchev–Trinajstić information content (AvgIpc) is 3.66. The number of halogens is 2. The second kappa shape index (κ2) is 22.6. The third-order valence-corrected chi connectivity index (χ3v) is 12.7. The van der Waals surface area contributed by atoms with Crippen molar-refractivity contribution >= 4 is 46.9 Å². The summed E-state index contributed by atoms with van der Waals surface area (Å²) in [6.45, 7) is 2.16. The number of likely N-dealkylation sites (N-methyl/N-ethyl adjacent to an activating group) is 1. The summed E-state index contributed by atoms with van der Waals surface area (Å²) in [5, 5.41) is 39.8. The minimum absolute atomic E-state index is 0.0287. The van der Waals surface area contributed by atoms with E-state index >= 15 is 0 Å². The fourth-order valence-electron chi connectivity index (χ4n) is 8.45. The zero-order valence-electron chi connectivity index (χ0n) is 38.3. The van der Waals surface area contributed by atoms with Crippen LogP contribution in [-0.4, -0.2) is 117 Å². The summed E-state index contributed by atoms with van der Waals surface area (Å²) in [7, 11) is 7.56. The number of piperidine rings is 1. The fourth-order valence-corrected chi connectivity index (χ4v) is 8.74. The van der Waals surface area contributed by atoms with Gasteiger partial charge < -0.3 is 50.1 Å². The van der Waals surface area contributed by atoms with Gasteiger partial charge in [-0.1, -0.05) is 47.5 Å². The SMILES string of the molecule is CC(NCc1ccc(Cl)cc1Oc1ccc(-c2cnc(CN(C)C)n2C)cc1)C(=O)NC(CO)C(=O)N(C)C1(Cc2ccc(Cl)cc2)CCCN(C(=O)C(CC(=O)O)Cc2cccc[n+]2[O-])C1. The minimum Gasteiger partial charge on any atom is -0.619 e. The lowest BCUT2D eigenvalue weighted by atomic mass is 9.80. The van der Waals surface area contributed by atoms with E-state index in [1.807, 2.05) is 63.7 Å². The van der Waals surface area contributed by atoms with Crippen LogP contribution < -0.4 is 20.1 Å². The highest BCUT2D eigenvalue weighted by molar-refractivity contribution is 6.31. The molecular formula is C49H58Cl2N8O8. The van der Waals surface area contributed by atoms with Gasteiger partial charge in [0.05, 0.1) is 49.0 Å². The highest BCUT2D eigenvalue weighted by Gasteiger charge is 2.45. The van der Waals surface area contributed by atoms with Crippen molar-refractivity contribution in [3.05, 3.63) is 135 Å². The Bertz CT molecular complexity index is 2520. The zero-order chi connectivity index (χ0) is 48.4. The van der Waals surface area contributed by atoms with Gasteiger partial charge in [-0.05, 0) is 94.4 Å². The topological polar surface area (TPSA) is 197 Å². The molecule has 356 valence electrons. The Kier molecular flexibility index (Phi) is 17.0. The predicted octanol–water partition coefficient (Wildman–Crippen LogP) is 5.23. The van der Waals surface area contributed by atoms with Crippen molar-refractivity contribution in [3.63, 3.8) is 0 Å². The van der Waals surface area contributed by atoms with Gasteiger partial charge in [0.2, 0.25) is 17.7 Å². The van der Waals surface area contributed by atoms with Gasteiger partial charge in [-0.25, -0.2) is 4.98 Å². The number of aliphatic hydroxyl groups is 1. The Hall–Kier alpha value is -6.04. The molecule has 3 heterocycles. The maximum atomic E-state index is 14.5. The molecule has 2 aromatic heterocycles. The summed E-state index contributed by atoms with van der Waals surface area (Å²) >= 11 is 12.6. The van der Waals surface area contributed by atoms with E-state index in [1.54, 1.807) is 67.4 Å². The lowest BCUT2D eigenvalue weighted by molar-refractivity contribution is -0.614. The second-order valence-electron chi connectivity index (χ2n) is 17.4. The smallest absolute Gasteiger partial charge is 0.304 e. The average molecular weight is 958 g/mol. The number of benzene rings is 3. The van der Waals surface area contributed by atoms with Crippen molar-refractivity contribution in [1.82, 2.24) is 34.9 Å². The molecule has 0 bridgehead atoms. The van der Waals surface area contributed by atoms with E-state index < -0.39 is 60.3 Å². The molecule has 1 saturated heterocycles. The number of pyridine rings is 1. The summed E-state index contributed by atoms with van der Waals surface area (Å²) in [4.78, 5) is 64.1. The first-order chi connectivity index (χ1) is 32.0. The number of rotatable bonds is 20. The van der Waals surface area contributed by atoms with Gasteiger partial charge in [-0.2, -0.15) is 4.73 Å². The van der Waals surface area contributed by atoms with Crippen molar-refractivity contribution in [1.29, 1.82) is 0 Å². The first kappa shape index (κ1) is 50.4. The predicted molar refractivity (Wildman–Crippen MR) is 254 cm³/mol. The van der Waals surface area contributed by atoms with Crippen molar-refractivity contribution in [3.8, 4) is 22.8 Å². The van der Waals surface area contributed by atoms with E-state index in [0.29, 0.717) is 57.8 Å². The standard InChI is InChI=1S/C49H58Cl2N8O8/c1-32(52-27-35-12-17-38(51)25-43(35)67-40-18-13-34(14-19-40)42-28-53-44(56(42)4)29-55(2)3)46(63)54-41(30-60)48(65)57(5)49(26-33-10-15-37(50)16-11-33)20-8-21-58(31-49)47(64)36(24-45(61)62)23-39-9-6-7-22-59(39)66/h6-7,9-19,22,25,28,32,36,41,52,60H,8,20-21,23-24,26-27,29-31H2,1-5H3,(H,54,63)(H,61,62). The van der Waals surface area contributed by atoms with Crippen LogP contribution in [0.5, 0.6) is 11.5 Å². The Morgan fingerprint density at radius 3 is 2.39 bits per heavy atom. The first-order valence-electron chi connectivity index (χ1n) is 22.0. The maximum Gasteiger partial charge on any atom is 0.304 e. The molecule has 1 aliphatic rings. The molecule has 4 unspecified atom stereocenters. The van der Waals surface area contributed by atoms with Crippen molar-refractivity contribution < 1.29 is 38.9 Å². The number of carboxylic acids is 1. The Labute approximate surface area is 400 Å². The van der Waals surface area contributed by atoms with E-state index in [1.165, 1.54) is 11.1 Å². The molecule has 0 spiro atoms. The van der Waals surface area contributed by atoms with Gasteiger partial charge in [0.25, 0.3) is 0 Å². The number of imidazole rings is 1. The molecule has 4 atom stereocenters. The molecule has 16 nitrogen and oxygen atoms in total. The van der Waals surface area contributed by atoms with Crippen LogP contribution >= 0.6 is 23.2 Å². The molecule has 0 aliphatic carbocycles. The molecule has 18 heteroatoms. The number of hydrogen-bond acceptors (Lipinski definition) is 10. The summed E-state index contributed by atoms with van der Waals surface area (Å²) in [5.41, 5.74) is 2.68. The third-order valence-electron chi connectivity index (χ3n) is 12.2. The van der Waals surface area contributed by atoms with E-state index in [2.05, 4.69) is 25.1 Å². The van der Waals surface area contributed by atoms with Crippen molar-refractivity contribution in [2.45, 2.75) is 69.7 Å². The van der Waals surface area contributed by atoms with Crippen LogP contribution in [0.1, 0.15) is 48.8 Å². The van der Waals surface area contributed by atoms with Gasteiger partial charge >= 0.3 is 5.97 Å². The molecule has 1 fully saturated rings. The number of aliphatic carboxylic acids is 1. The number of aromatic nitrogens is 3. The number of amides is 3. The number of carbonyl (C=O) groups excluding carboxylic acids is 3. The molecule has 4 N–H and O–H groups in total. The Balaban J connectivity index is 1.14. The number of hydrogen-bond donors (Lipinski definition) is 4. The highest BCUT2D eigenvalue weighted by atomic mass is 35.5. The Morgan fingerprint density at radius 2 is 1.72 bits per heavy atom. The van der Waals surface area contributed by atoms with E-state index in [-0.39, 0.29) is 31.6 Å². The van der Waals surface area contributed by atoms with Crippen molar-refractivity contribution in [2.75, 3.05) is 40.8 Å². The molecule has 0 radical (unpaired) electrons. The van der Waals surface area contributed by atoms with Gasteiger partial charge in [0.15, 0.2) is 11.9 Å². The van der Waals surface area contributed by atoms with Gasteiger partial charge in [-0.15, -0.1) is 0 Å². The summed E-state index contributed by atoms with van der Waals surface area (Å²) in [5.74, 6) is -1.82. The van der Waals surface area contributed by atoms with Crippen LogP contribution in [-0.2, 0) is 52.2 Å². The molecule has 3 amide bonds. The van der Waals surface area contributed by atoms with Crippen LogP contribution in [0.3, 0.4) is 0 Å². The largest absolute Gasteiger partial charge is 0.619 e. The third kappa shape index (κ3) is 12.9. The lowest BCUT2D eigenvalue weighted by Crippen LogP contribution is -2.65. The lowest BCUT2D eigenvalue weighted by Gasteiger charge is -2.49. The van der Waals surface area contributed by atoms with E-state index in [4.69, 9.17) is 27.9 Å². The Morgan fingerprint density at radius 1 is 1.00 bits per heavy atom. The summed E-state index contributed by atoms with van der Waals surface area (Å²) in [6, 6.07) is 22.5. The van der Waals surface area contributed by atoms with Gasteiger partial charge in [-0.3, -0.25) is 19.2 Å². The quantitative estimate of drug-likeness (QED) is 0.0589. The minimum atomic E-state index is -1.34. The zero-order valence-corrected chi connectivity index (χ0v) is 39.8. The molecule has 0 saturated carbocycles. The number of likely N-dealkylation sites (tertiary alicyclic amines) is 1. The molecule has 5 aromatic rings. The monoisotopic (exact) mass is 956 g/mol. The van der Waals surface area contributed by atoms with Gasteiger partial charge in [0.1, 0.15) is 23.4 Å². The number of nitrogens with one attached hydrogen (secondary N) is 2. The molecular weight excluding hydrogens is 899 g/mol. The maximum absolute atomic E-state index is 14.5. The van der Waals surface area contributed by atoms with Crippen LogP contribution in [0.25, 0.3) is 11.3 Å². The van der Waals surface area contributed by atoms with Crippen LogP contribution in [0.15, 0.2) is 97.3 Å². The number of carbonyl (C=O) groups is 4. The molecule has 6 rings (SSSR count). The normalized spacial score (nSPS) is 16.3. The summed E-state index contributed by atoms with van der Waals surface area (Å²) in [6.07, 6.45) is 3.74. The molecule has 67 heavy (non-hydrogen) atoms. The number of aliphatic hydroxyl groups excluding tert-OH is 1. The fraction of sp³-hybridized carbons (Fsp3) is 0.388. The molecule has 1 aliphatic heterocycles. The van der Waals surface area contributed by atoms with E-state index in [9.17, 15) is 34.6 Å². The molecule has 3 aromatic carbocycles. The van der Waals surface area contributed by atoms with Crippen LogP contribution in [0, 0.1) is 11.1 Å². The van der Waals surface area contributed by atoms with Crippen LogP contribution in [0.2, 0.25) is 10.0 Å². The number of ether oxygens (including phenoxy) is 1. The van der Waals surface area contributed by atoms with E-state index in [0.717, 1.165) is 22.6 Å². The van der Waals surface area contributed by atoms with Crippen LogP contribution in [0.4, 0.5) is 0 Å².